The average molecular weight is 346 g/mol. The van der Waals surface area contributed by atoms with Crippen molar-refractivity contribution < 1.29 is 0 Å². The van der Waals surface area contributed by atoms with Gasteiger partial charge < -0.3 is 0 Å². The fourth-order valence-electron chi connectivity index (χ4n) is 7.27. The zero-order chi connectivity index (χ0) is 16.8. The first-order valence-corrected chi connectivity index (χ1v) is 9.93. The molecule has 5 aliphatic carbocycles. The van der Waals surface area contributed by atoms with Crippen LogP contribution in [0.5, 0.6) is 0 Å². The van der Waals surface area contributed by atoms with Gasteiger partial charge in [-0.3, -0.25) is 0 Å². The lowest BCUT2D eigenvalue weighted by molar-refractivity contribution is -0.0399. The Morgan fingerprint density at radius 2 is 1.64 bits per heavy atom. The van der Waals surface area contributed by atoms with Crippen molar-refractivity contribution in [1.29, 1.82) is 5.26 Å². The van der Waals surface area contributed by atoms with Crippen molar-refractivity contribution in [3.05, 3.63) is 58.1 Å². The zero-order valence-corrected chi connectivity index (χ0v) is 14.9. The molecule has 0 N–H and O–H groups in total. The number of benzene rings is 2. The maximum Gasteiger partial charge on any atom is 0.0991 e. The average Bonchev–Trinajstić information content (AvgIpc) is 2.90. The summed E-state index contributed by atoms with van der Waals surface area (Å²) >= 11 is 6.70. The van der Waals surface area contributed by atoms with Gasteiger partial charge in [-0.1, -0.05) is 29.8 Å². The predicted molar refractivity (Wildman–Crippen MR) is 99.4 cm³/mol. The van der Waals surface area contributed by atoms with Crippen molar-refractivity contribution in [2.45, 2.75) is 37.5 Å². The number of hydrogen-bond donors (Lipinski definition) is 0. The molecule has 124 valence electrons. The van der Waals surface area contributed by atoms with E-state index in [0.29, 0.717) is 0 Å². The highest BCUT2D eigenvalue weighted by Gasteiger charge is 2.61. The third-order valence-electron chi connectivity index (χ3n) is 7.75. The molecule has 7 rings (SSSR count). The standard InChI is InChI=1S/C23H20ClN/c24-21-3-1-2-19-22(21)18-5-4-13(12-25)11-20(18)23(19)16-7-14-6-15(9-16)10-17(23)8-14/h1-5,11,14-17H,6-10H2. The highest BCUT2D eigenvalue weighted by Crippen LogP contribution is 2.69. The van der Waals surface area contributed by atoms with Crippen LogP contribution in [-0.2, 0) is 5.41 Å². The van der Waals surface area contributed by atoms with Crippen molar-refractivity contribution in [2.75, 3.05) is 0 Å². The van der Waals surface area contributed by atoms with Crippen LogP contribution in [0.3, 0.4) is 0 Å². The van der Waals surface area contributed by atoms with E-state index in [2.05, 4.69) is 30.3 Å². The van der Waals surface area contributed by atoms with Gasteiger partial charge in [0.2, 0.25) is 0 Å². The number of nitriles is 1. The first-order chi connectivity index (χ1) is 12.2. The van der Waals surface area contributed by atoms with Gasteiger partial charge in [0.25, 0.3) is 0 Å². The number of hydrogen-bond acceptors (Lipinski definition) is 1. The third kappa shape index (κ3) is 1.61. The monoisotopic (exact) mass is 345 g/mol. The van der Waals surface area contributed by atoms with E-state index in [0.717, 1.165) is 34.3 Å². The van der Waals surface area contributed by atoms with Crippen LogP contribution in [0, 0.1) is 35.0 Å². The van der Waals surface area contributed by atoms with Crippen molar-refractivity contribution in [3.63, 3.8) is 0 Å². The molecule has 4 bridgehead atoms. The molecule has 4 saturated carbocycles. The Bertz CT molecular complexity index is 923. The number of fused-ring (bicyclic) bond motifs is 3. The molecule has 0 aliphatic heterocycles. The molecule has 25 heavy (non-hydrogen) atoms. The van der Waals surface area contributed by atoms with Crippen LogP contribution in [-0.4, -0.2) is 0 Å². The van der Waals surface area contributed by atoms with E-state index in [1.807, 2.05) is 12.1 Å². The summed E-state index contributed by atoms with van der Waals surface area (Å²) in [7, 11) is 0. The van der Waals surface area contributed by atoms with Crippen LogP contribution < -0.4 is 0 Å². The first-order valence-electron chi connectivity index (χ1n) is 9.55. The van der Waals surface area contributed by atoms with Gasteiger partial charge in [0, 0.05) is 16.0 Å². The summed E-state index contributed by atoms with van der Waals surface area (Å²) in [4.78, 5) is 0. The van der Waals surface area contributed by atoms with E-state index in [9.17, 15) is 5.26 Å². The van der Waals surface area contributed by atoms with Gasteiger partial charge >= 0.3 is 0 Å². The molecule has 0 unspecified atom stereocenters. The molecule has 2 aromatic rings. The van der Waals surface area contributed by atoms with Gasteiger partial charge in [-0.15, -0.1) is 0 Å². The molecule has 0 saturated heterocycles. The van der Waals surface area contributed by atoms with Crippen LogP contribution in [0.25, 0.3) is 11.1 Å². The lowest BCUT2D eigenvalue weighted by atomic mass is 9.43. The van der Waals surface area contributed by atoms with Crippen LogP contribution in [0.1, 0.15) is 48.8 Å². The predicted octanol–water partition coefficient (Wildman–Crippen LogP) is 5.93. The van der Waals surface area contributed by atoms with E-state index < -0.39 is 0 Å². The topological polar surface area (TPSA) is 23.8 Å². The summed E-state index contributed by atoms with van der Waals surface area (Å²) in [6.45, 7) is 0. The normalized spacial score (nSPS) is 36.3. The summed E-state index contributed by atoms with van der Waals surface area (Å²) in [5.74, 6) is 3.30. The van der Waals surface area contributed by atoms with Crippen molar-refractivity contribution in [2.24, 2.45) is 23.7 Å². The Morgan fingerprint density at radius 3 is 2.32 bits per heavy atom. The minimum absolute atomic E-state index is 0.107. The minimum atomic E-state index is 0.107. The van der Waals surface area contributed by atoms with Gasteiger partial charge in [-0.25, -0.2) is 0 Å². The summed E-state index contributed by atoms with van der Waals surface area (Å²) in [5, 5.41) is 10.4. The molecule has 0 amide bonds. The maximum atomic E-state index is 9.50. The van der Waals surface area contributed by atoms with Crippen LogP contribution in [0.2, 0.25) is 5.02 Å². The van der Waals surface area contributed by atoms with Gasteiger partial charge in [-0.05, 0) is 90.7 Å². The number of rotatable bonds is 0. The maximum absolute atomic E-state index is 9.50. The lowest BCUT2D eigenvalue weighted by Gasteiger charge is -2.61. The second-order valence-electron chi connectivity index (χ2n) is 8.71. The zero-order valence-electron chi connectivity index (χ0n) is 14.1. The van der Waals surface area contributed by atoms with Crippen LogP contribution in [0.4, 0.5) is 0 Å². The molecule has 0 aromatic heterocycles. The summed E-state index contributed by atoms with van der Waals surface area (Å²) in [6, 6.07) is 15.2. The minimum Gasteiger partial charge on any atom is -0.192 e. The lowest BCUT2D eigenvalue weighted by Crippen LogP contribution is -2.55. The Morgan fingerprint density at radius 1 is 0.920 bits per heavy atom. The fourth-order valence-corrected chi connectivity index (χ4v) is 7.55. The number of halogens is 1. The van der Waals surface area contributed by atoms with E-state index in [4.69, 9.17) is 11.6 Å². The second-order valence-corrected chi connectivity index (χ2v) is 9.12. The third-order valence-corrected chi connectivity index (χ3v) is 8.06. The highest BCUT2D eigenvalue weighted by molar-refractivity contribution is 6.33. The SMILES string of the molecule is N#Cc1ccc2c(c1)C1(c3cccc(Cl)c3-2)C2CC3CC(C2)CC1C3. The molecule has 0 radical (unpaired) electrons. The highest BCUT2D eigenvalue weighted by atomic mass is 35.5. The molecule has 0 heterocycles. The molecular weight excluding hydrogens is 326 g/mol. The van der Waals surface area contributed by atoms with Crippen molar-refractivity contribution in [1.82, 2.24) is 0 Å². The molecular formula is C23H20ClN. The van der Waals surface area contributed by atoms with Crippen LogP contribution in [0.15, 0.2) is 36.4 Å². The largest absolute Gasteiger partial charge is 0.192 e. The Labute approximate surface area is 153 Å². The Kier molecular flexibility index (Phi) is 2.70. The van der Waals surface area contributed by atoms with Crippen molar-refractivity contribution in [3.8, 4) is 17.2 Å². The summed E-state index contributed by atoms with van der Waals surface area (Å²) in [6.07, 6.45) is 6.88. The molecule has 0 atom stereocenters. The molecule has 2 heteroatoms. The molecule has 1 nitrogen and oxygen atoms in total. The van der Waals surface area contributed by atoms with Gasteiger partial charge in [0.1, 0.15) is 0 Å². The second kappa shape index (κ2) is 4.68. The molecule has 2 aromatic carbocycles. The van der Waals surface area contributed by atoms with E-state index in [1.54, 1.807) is 0 Å². The molecule has 4 fully saturated rings. The number of nitrogens with zero attached hydrogens (tertiary/aromatic N) is 1. The smallest absolute Gasteiger partial charge is 0.0991 e. The van der Waals surface area contributed by atoms with Crippen LogP contribution >= 0.6 is 11.6 Å². The first kappa shape index (κ1) is 14.4. The van der Waals surface area contributed by atoms with E-state index in [1.165, 1.54) is 54.4 Å². The Balaban J connectivity index is 1.70. The van der Waals surface area contributed by atoms with E-state index in [-0.39, 0.29) is 5.41 Å². The van der Waals surface area contributed by atoms with E-state index >= 15 is 0 Å². The quantitative estimate of drug-likeness (QED) is 0.580. The summed E-state index contributed by atoms with van der Waals surface area (Å²) in [5.41, 5.74) is 6.29. The van der Waals surface area contributed by atoms with Crippen molar-refractivity contribution >= 4 is 11.6 Å². The molecule has 5 aliphatic rings. The van der Waals surface area contributed by atoms with Gasteiger partial charge in [-0.2, -0.15) is 5.26 Å². The van der Waals surface area contributed by atoms with Gasteiger partial charge in [0.05, 0.1) is 11.6 Å². The fraction of sp³-hybridized carbons (Fsp3) is 0.435. The van der Waals surface area contributed by atoms with Gasteiger partial charge in [0.15, 0.2) is 0 Å². The molecule has 1 spiro atoms. The summed E-state index contributed by atoms with van der Waals surface area (Å²) < 4.78 is 0. The Hall–Kier alpha value is -1.78.